The molecule has 2 rings (SSSR count). The third-order valence-electron chi connectivity index (χ3n) is 3.60. The Morgan fingerprint density at radius 3 is 2.65 bits per heavy atom. The zero-order chi connectivity index (χ0) is 19.3. The number of halogens is 1. The normalized spacial score (nSPS) is 10.4. The molecule has 1 amide bonds. The van der Waals surface area contributed by atoms with E-state index in [4.69, 9.17) is 4.74 Å². The molecule has 9 nitrogen and oxygen atoms in total. The van der Waals surface area contributed by atoms with Gasteiger partial charge in [-0.1, -0.05) is 18.2 Å². The number of carbonyl (C=O) groups is 2. The number of benzene rings is 1. The van der Waals surface area contributed by atoms with Crippen LogP contribution in [0.2, 0.25) is 0 Å². The first kappa shape index (κ1) is 19.0. The smallest absolute Gasteiger partial charge is 0.328 e. The van der Waals surface area contributed by atoms with Gasteiger partial charge in [-0.15, -0.1) is 0 Å². The third kappa shape index (κ3) is 4.62. The Morgan fingerprint density at radius 1 is 1.35 bits per heavy atom. The molecule has 138 valence electrons. The molecule has 2 aromatic rings. The molecule has 0 aliphatic rings. The number of ether oxygens (including phenoxy) is 1. The Bertz CT molecular complexity index is 849. The molecule has 1 heterocycles. The van der Waals surface area contributed by atoms with Crippen LogP contribution in [0.25, 0.3) is 0 Å². The fourth-order valence-electron chi connectivity index (χ4n) is 2.31. The van der Waals surface area contributed by atoms with Crippen LogP contribution in [-0.4, -0.2) is 33.2 Å². The lowest BCUT2D eigenvalue weighted by Crippen LogP contribution is -2.29. The first-order valence-corrected chi connectivity index (χ1v) is 7.63. The fourth-order valence-corrected chi connectivity index (χ4v) is 2.31. The van der Waals surface area contributed by atoms with Gasteiger partial charge in [0, 0.05) is 12.1 Å². The van der Waals surface area contributed by atoms with Gasteiger partial charge in [0.25, 0.3) is 5.91 Å². The Hall–Kier alpha value is -3.30. The lowest BCUT2D eigenvalue weighted by atomic mass is 10.2. The van der Waals surface area contributed by atoms with E-state index in [1.807, 2.05) is 0 Å². The van der Waals surface area contributed by atoms with E-state index in [1.54, 1.807) is 6.07 Å². The molecule has 0 bridgehead atoms. The van der Waals surface area contributed by atoms with Crippen molar-refractivity contribution >= 4 is 17.6 Å². The van der Waals surface area contributed by atoms with Gasteiger partial charge in [-0.2, -0.15) is 5.10 Å². The van der Waals surface area contributed by atoms with E-state index in [9.17, 15) is 24.1 Å². The van der Waals surface area contributed by atoms with Gasteiger partial charge in [-0.05, 0) is 19.9 Å². The van der Waals surface area contributed by atoms with Gasteiger partial charge in [0.1, 0.15) is 23.7 Å². The number of hydrogen-bond acceptors (Lipinski definition) is 6. The van der Waals surface area contributed by atoms with Crippen LogP contribution in [0.1, 0.15) is 17.0 Å². The van der Waals surface area contributed by atoms with E-state index in [2.05, 4.69) is 10.4 Å². The molecule has 0 saturated carbocycles. The van der Waals surface area contributed by atoms with Crippen LogP contribution >= 0.6 is 0 Å². The highest BCUT2D eigenvalue weighted by Gasteiger charge is 2.23. The highest BCUT2D eigenvalue weighted by Crippen LogP contribution is 2.21. The van der Waals surface area contributed by atoms with Gasteiger partial charge in [0.15, 0.2) is 6.61 Å². The minimum Gasteiger partial charge on any atom is -0.454 e. The molecule has 0 aliphatic carbocycles. The summed E-state index contributed by atoms with van der Waals surface area (Å²) in [6, 6.07) is 5.97. The lowest BCUT2D eigenvalue weighted by Gasteiger charge is -2.08. The molecule has 1 aromatic carbocycles. The topological polar surface area (TPSA) is 116 Å². The van der Waals surface area contributed by atoms with Gasteiger partial charge in [0.2, 0.25) is 0 Å². The number of carbonyl (C=O) groups excluding carboxylic acids is 2. The largest absolute Gasteiger partial charge is 0.454 e. The van der Waals surface area contributed by atoms with Crippen molar-refractivity contribution in [2.24, 2.45) is 0 Å². The number of nitrogens with zero attached hydrogens (tertiary/aromatic N) is 3. The lowest BCUT2D eigenvalue weighted by molar-refractivity contribution is -0.386. The maximum Gasteiger partial charge on any atom is 0.328 e. The van der Waals surface area contributed by atoms with Gasteiger partial charge >= 0.3 is 11.7 Å². The minimum atomic E-state index is -0.772. The van der Waals surface area contributed by atoms with Crippen LogP contribution in [0.3, 0.4) is 0 Å². The summed E-state index contributed by atoms with van der Waals surface area (Å²) in [5, 5.41) is 17.3. The predicted molar refractivity (Wildman–Crippen MR) is 87.6 cm³/mol. The second kappa shape index (κ2) is 8.19. The molecular formula is C16H17FN4O5. The summed E-state index contributed by atoms with van der Waals surface area (Å²) >= 11 is 0. The molecule has 0 spiro atoms. The summed E-state index contributed by atoms with van der Waals surface area (Å²) in [6.45, 7) is 1.98. The number of amides is 1. The quantitative estimate of drug-likeness (QED) is 0.451. The Morgan fingerprint density at radius 2 is 2.04 bits per heavy atom. The monoisotopic (exact) mass is 364 g/mol. The van der Waals surface area contributed by atoms with Crippen molar-refractivity contribution < 1.29 is 23.6 Å². The number of esters is 1. The van der Waals surface area contributed by atoms with Crippen LogP contribution in [0.15, 0.2) is 24.3 Å². The van der Waals surface area contributed by atoms with E-state index in [-0.39, 0.29) is 30.2 Å². The molecule has 26 heavy (non-hydrogen) atoms. The van der Waals surface area contributed by atoms with E-state index >= 15 is 0 Å². The van der Waals surface area contributed by atoms with Gasteiger partial charge < -0.3 is 10.1 Å². The number of aromatic nitrogens is 2. The Kier molecular flexibility index (Phi) is 5.99. The van der Waals surface area contributed by atoms with Crippen molar-refractivity contribution in [3.8, 4) is 0 Å². The molecule has 0 aliphatic heterocycles. The van der Waals surface area contributed by atoms with E-state index in [1.165, 1.54) is 32.0 Å². The van der Waals surface area contributed by atoms with Crippen LogP contribution in [0.5, 0.6) is 0 Å². The zero-order valence-corrected chi connectivity index (χ0v) is 14.2. The van der Waals surface area contributed by atoms with E-state index < -0.39 is 29.2 Å². The number of nitrogens with one attached hydrogen (secondary N) is 1. The van der Waals surface area contributed by atoms with Crippen LogP contribution in [-0.2, 0) is 27.4 Å². The summed E-state index contributed by atoms with van der Waals surface area (Å²) in [6.07, 6.45) is 0. The van der Waals surface area contributed by atoms with Crippen LogP contribution in [0.4, 0.5) is 10.1 Å². The third-order valence-corrected chi connectivity index (χ3v) is 3.60. The number of hydrogen-bond donors (Lipinski definition) is 1. The minimum absolute atomic E-state index is 0.0350. The van der Waals surface area contributed by atoms with Gasteiger partial charge in [-0.25, -0.2) is 4.39 Å². The summed E-state index contributed by atoms with van der Waals surface area (Å²) in [5.74, 6) is -1.82. The van der Waals surface area contributed by atoms with Gasteiger partial charge in [0.05, 0.1) is 4.92 Å². The average molecular weight is 364 g/mol. The van der Waals surface area contributed by atoms with E-state index in [0.717, 1.165) is 4.68 Å². The first-order valence-electron chi connectivity index (χ1n) is 7.63. The Balaban J connectivity index is 1.83. The highest BCUT2D eigenvalue weighted by atomic mass is 19.1. The van der Waals surface area contributed by atoms with Crippen molar-refractivity contribution in [1.82, 2.24) is 15.1 Å². The van der Waals surface area contributed by atoms with Crippen molar-refractivity contribution in [2.45, 2.75) is 26.9 Å². The maximum absolute atomic E-state index is 13.4. The molecule has 0 unspecified atom stereocenters. The second-order valence-corrected chi connectivity index (χ2v) is 5.46. The summed E-state index contributed by atoms with van der Waals surface area (Å²) in [7, 11) is 0. The summed E-state index contributed by atoms with van der Waals surface area (Å²) in [4.78, 5) is 33.8. The molecule has 1 N–H and O–H groups in total. The van der Waals surface area contributed by atoms with Crippen molar-refractivity contribution in [2.75, 3.05) is 6.61 Å². The van der Waals surface area contributed by atoms with Crippen molar-refractivity contribution in [1.29, 1.82) is 0 Å². The number of rotatable bonds is 7. The molecule has 0 atom stereocenters. The van der Waals surface area contributed by atoms with Gasteiger partial charge in [-0.3, -0.25) is 24.4 Å². The molecule has 0 fully saturated rings. The molecular weight excluding hydrogens is 347 g/mol. The summed E-state index contributed by atoms with van der Waals surface area (Å²) < 4.78 is 19.4. The maximum atomic E-state index is 13.4. The first-order chi connectivity index (χ1) is 12.3. The molecule has 10 heteroatoms. The zero-order valence-electron chi connectivity index (χ0n) is 14.2. The van der Waals surface area contributed by atoms with E-state index in [0.29, 0.717) is 5.56 Å². The molecule has 0 saturated heterocycles. The van der Waals surface area contributed by atoms with Crippen LogP contribution < -0.4 is 5.32 Å². The standard InChI is InChI=1S/C16H17FN4O5/c1-10-16(21(24)25)11(2)20(19-10)8-15(23)26-9-14(22)18-7-12-5-3-4-6-13(12)17/h3-6H,7-9H2,1-2H3,(H,18,22). The SMILES string of the molecule is Cc1nn(CC(=O)OCC(=O)NCc2ccccc2F)c(C)c1[N+](=O)[O-]. The molecule has 0 radical (unpaired) electrons. The molecule has 1 aromatic heterocycles. The fraction of sp³-hybridized carbons (Fsp3) is 0.312. The van der Waals surface area contributed by atoms with Crippen molar-refractivity contribution in [3.63, 3.8) is 0 Å². The second-order valence-electron chi connectivity index (χ2n) is 5.46. The Labute approximate surface area is 147 Å². The van der Waals surface area contributed by atoms with Crippen molar-refractivity contribution in [3.05, 3.63) is 57.1 Å². The number of nitro groups is 1. The summed E-state index contributed by atoms with van der Waals surface area (Å²) in [5.41, 5.74) is 0.541. The highest BCUT2D eigenvalue weighted by molar-refractivity contribution is 5.80. The average Bonchev–Trinajstić information content (AvgIpc) is 2.86. The number of aryl methyl sites for hydroxylation is 1. The van der Waals surface area contributed by atoms with Crippen LogP contribution in [0, 0.1) is 29.8 Å². The predicted octanol–water partition coefficient (Wildman–Crippen LogP) is 1.41.